The summed E-state index contributed by atoms with van der Waals surface area (Å²) in [6.07, 6.45) is 1.14. The Bertz CT molecular complexity index is 670. The van der Waals surface area contributed by atoms with Crippen molar-refractivity contribution in [1.82, 2.24) is 5.32 Å². The van der Waals surface area contributed by atoms with Gasteiger partial charge >= 0.3 is 0 Å². The molecule has 0 amide bonds. The SMILES string of the molecule is CCC(C)c1ccc(NC(=S)NC(C)c2cccc(OC)c2)cc1. The number of benzene rings is 2. The van der Waals surface area contributed by atoms with E-state index in [0.717, 1.165) is 23.4 Å². The minimum absolute atomic E-state index is 0.0967. The van der Waals surface area contributed by atoms with E-state index >= 15 is 0 Å². The van der Waals surface area contributed by atoms with Gasteiger partial charge in [-0.1, -0.05) is 38.1 Å². The van der Waals surface area contributed by atoms with Crippen LogP contribution < -0.4 is 15.4 Å². The summed E-state index contributed by atoms with van der Waals surface area (Å²) < 4.78 is 5.27. The molecule has 2 aromatic rings. The Labute approximate surface area is 150 Å². The van der Waals surface area contributed by atoms with Crippen LogP contribution in [-0.2, 0) is 0 Å². The molecular formula is C20H26N2OS. The second-order valence-electron chi connectivity index (χ2n) is 6.03. The number of rotatable bonds is 6. The van der Waals surface area contributed by atoms with Gasteiger partial charge in [-0.3, -0.25) is 0 Å². The first-order valence-corrected chi connectivity index (χ1v) is 8.75. The first-order chi connectivity index (χ1) is 11.5. The molecule has 2 unspecified atom stereocenters. The quantitative estimate of drug-likeness (QED) is 0.702. The lowest BCUT2D eigenvalue weighted by Crippen LogP contribution is -2.30. The number of nitrogens with one attached hydrogen (secondary N) is 2. The van der Waals surface area contributed by atoms with Gasteiger partial charge in [0, 0.05) is 5.69 Å². The average Bonchev–Trinajstić information content (AvgIpc) is 2.61. The molecule has 128 valence electrons. The van der Waals surface area contributed by atoms with Crippen molar-refractivity contribution in [2.75, 3.05) is 12.4 Å². The largest absolute Gasteiger partial charge is 0.497 e. The zero-order chi connectivity index (χ0) is 17.5. The second-order valence-corrected chi connectivity index (χ2v) is 6.44. The summed E-state index contributed by atoms with van der Waals surface area (Å²) in [5, 5.41) is 7.17. The monoisotopic (exact) mass is 342 g/mol. The highest BCUT2D eigenvalue weighted by molar-refractivity contribution is 7.80. The van der Waals surface area contributed by atoms with E-state index in [-0.39, 0.29) is 6.04 Å². The summed E-state index contributed by atoms with van der Waals surface area (Å²) in [6, 6.07) is 16.6. The fourth-order valence-corrected chi connectivity index (χ4v) is 2.78. The van der Waals surface area contributed by atoms with Crippen LogP contribution in [0.4, 0.5) is 5.69 Å². The molecule has 2 N–H and O–H groups in total. The molecular weight excluding hydrogens is 316 g/mol. The highest BCUT2D eigenvalue weighted by Crippen LogP contribution is 2.21. The van der Waals surface area contributed by atoms with Crippen LogP contribution in [0.2, 0.25) is 0 Å². The molecule has 0 aliphatic carbocycles. The van der Waals surface area contributed by atoms with Crippen molar-refractivity contribution < 1.29 is 4.74 Å². The van der Waals surface area contributed by atoms with Crippen molar-refractivity contribution in [3.63, 3.8) is 0 Å². The predicted molar refractivity (Wildman–Crippen MR) is 106 cm³/mol. The number of anilines is 1. The van der Waals surface area contributed by atoms with E-state index in [0.29, 0.717) is 11.0 Å². The summed E-state index contributed by atoms with van der Waals surface area (Å²) >= 11 is 5.43. The number of ether oxygens (including phenoxy) is 1. The van der Waals surface area contributed by atoms with Crippen LogP contribution in [0.3, 0.4) is 0 Å². The standard InChI is InChI=1S/C20H26N2OS/c1-5-14(2)16-9-11-18(12-10-16)22-20(24)21-15(3)17-7-6-8-19(13-17)23-4/h6-15H,5H2,1-4H3,(H2,21,22,24). The third kappa shape index (κ3) is 4.96. The Balaban J connectivity index is 1.94. The molecule has 0 saturated carbocycles. The van der Waals surface area contributed by atoms with Crippen molar-refractivity contribution in [2.45, 2.75) is 39.2 Å². The summed E-state index contributed by atoms with van der Waals surface area (Å²) in [5.41, 5.74) is 3.48. The van der Waals surface area contributed by atoms with Crippen molar-refractivity contribution in [1.29, 1.82) is 0 Å². The molecule has 0 fully saturated rings. The molecule has 3 nitrogen and oxygen atoms in total. The van der Waals surface area contributed by atoms with Crippen molar-refractivity contribution >= 4 is 23.0 Å². The third-order valence-corrected chi connectivity index (χ3v) is 4.51. The van der Waals surface area contributed by atoms with Gasteiger partial charge in [0.2, 0.25) is 0 Å². The molecule has 0 heterocycles. The maximum Gasteiger partial charge on any atom is 0.171 e. The van der Waals surface area contributed by atoms with E-state index in [4.69, 9.17) is 17.0 Å². The first kappa shape index (κ1) is 18.3. The van der Waals surface area contributed by atoms with Gasteiger partial charge in [0.05, 0.1) is 13.2 Å². The molecule has 0 spiro atoms. The minimum atomic E-state index is 0.0967. The highest BCUT2D eigenvalue weighted by Gasteiger charge is 2.08. The van der Waals surface area contributed by atoms with Crippen molar-refractivity contribution in [3.05, 3.63) is 59.7 Å². The molecule has 0 aromatic heterocycles. The lowest BCUT2D eigenvalue weighted by atomic mass is 9.99. The van der Waals surface area contributed by atoms with Gasteiger partial charge < -0.3 is 15.4 Å². The highest BCUT2D eigenvalue weighted by atomic mass is 32.1. The van der Waals surface area contributed by atoms with Crippen LogP contribution in [0.5, 0.6) is 5.75 Å². The van der Waals surface area contributed by atoms with E-state index in [9.17, 15) is 0 Å². The average molecular weight is 343 g/mol. The van der Waals surface area contributed by atoms with Gasteiger partial charge in [-0.05, 0) is 66.9 Å². The van der Waals surface area contributed by atoms with Gasteiger partial charge in [-0.25, -0.2) is 0 Å². The second kappa shape index (κ2) is 8.69. The van der Waals surface area contributed by atoms with E-state index < -0.39 is 0 Å². The molecule has 2 aromatic carbocycles. The molecule has 2 rings (SSSR count). The normalized spacial score (nSPS) is 13.0. The third-order valence-electron chi connectivity index (χ3n) is 4.29. The first-order valence-electron chi connectivity index (χ1n) is 8.35. The Kier molecular flexibility index (Phi) is 6.62. The van der Waals surface area contributed by atoms with E-state index in [1.165, 1.54) is 5.56 Å². The van der Waals surface area contributed by atoms with Crippen molar-refractivity contribution in [2.24, 2.45) is 0 Å². The molecule has 0 aliphatic heterocycles. The van der Waals surface area contributed by atoms with Crippen LogP contribution in [0.25, 0.3) is 0 Å². The van der Waals surface area contributed by atoms with Crippen LogP contribution in [0.15, 0.2) is 48.5 Å². The predicted octanol–water partition coefficient (Wildman–Crippen LogP) is 5.26. The van der Waals surface area contributed by atoms with Crippen molar-refractivity contribution in [3.8, 4) is 5.75 Å². The van der Waals surface area contributed by atoms with Gasteiger partial charge in [-0.2, -0.15) is 0 Å². The molecule has 2 atom stereocenters. The molecule has 24 heavy (non-hydrogen) atoms. The zero-order valence-corrected chi connectivity index (χ0v) is 15.6. The molecule has 0 bridgehead atoms. The number of hydrogen-bond acceptors (Lipinski definition) is 2. The van der Waals surface area contributed by atoms with Crippen LogP contribution in [0, 0.1) is 0 Å². The molecule has 0 saturated heterocycles. The zero-order valence-electron chi connectivity index (χ0n) is 14.8. The number of methoxy groups -OCH3 is 1. The van der Waals surface area contributed by atoms with E-state index in [1.54, 1.807) is 7.11 Å². The minimum Gasteiger partial charge on any atom is -0.497 e. The summed E-state index contributed by atoms with van der Waals surface area (Å²) in [7, 11) is 1.67. The molecule has 4 heteroatoms. The van der Waals surface area contributed by atoms with Crippen LogP contribution in [-0.4, -0.2) is 12.2 Å². The topological polar surface area (TPSA) is 33.3 Å². The summed E-state index contributed by atoms with van der Waals surface area (Å²) in [5.74, 6) is 1.43. The molecule has 0 aliphatic rings. The lowest BCUT2D eigenvalue weighted by Gasteiger charge is -2.18. The maximum absolute atomic E-state index is 5.43. The maximum atomic E-state index is 5.43. The Morgan fingerprint density at radius 3 is 2.42 bits per heavy atom. The fraction of sp³-hybridized carbons (Fsp3) is 0.350. The number of thiocarbonyl (C=S) groups is 1. The van der Waals surface area contributed by atoms with Gasteiger partial charge in [-0.15, -0.1) is 0 Å². The molecule has 0 radical (unpaired) electrons. The fourth-order valence-electron chi connectivity index (χ4n) is 2.49. The van der Waals surface area contributed by atoms with E-state index in [2.05, 4.69) is 61.7 Å². The summed E-state index contributed by atoms with van der Waals surface area (Å²) in [6.45, 7) is 6.52. The summed E-state index contributed by atoms with van der Waals surface area (Å²) in [4.78, 5) is 0. The van der Waals surface area contributed by atoms with E-state index in [1.807, 2.05) is 18.2 Å². The van der Waals surface area contributed by atoms with Gasteiger partial charge in [0.25, 0.3) is 0 Å². The van der Waals surface area contributed by atoms with Crippen LogP contribution in [0.1, 0.15) is 50.3 Å². The van der Waals surface area contributed by atoms with Gasteiger partial charge in [0.15, 0.2) is 5.11 Å². The smallest absolute Gasteiger partial charge is 0.171 e. The lowest BCUT2D eigenvalue weighted by molar-refractivity contribution is 0.413. The van der Waals surface area contributed by atoms with Gasteiger partial charge in [0.1, 0.15) is 5.75 Å². The Morgan fingerprint density at radius 2 is 1.79 bits per heavy atom. The number of hydrogen-bond donors (Lipinski definition) is 2. The Hall–Kier alpha value is -2.07. The van der Waals surface area contributed by atoms with Crippen LogP contribution >= 0.6 is 12.2 Å². The Morgan fingerprint density at radius 1 is 1.08 bits per heavy atom.